The summed E-state index contributed by atoms with van der Waals surface area (Å²) in [5, 5.41) is 2.10. The molecule has 24 heavy (non-hydrogen) atoms. The van der Waals surface area contributed by atoms with E-state index >= 15 is 0 Å². The molecular formula is C15H11Cl2F3N2O2. The lowest BCUT2D eigenvalue weighted by molar-refractivity contribution is -0.137. The molecule has 1 heterocycles. The van der Waals surface area contributed by atoms with Gasteiger partial charge >= 0.3 is 6.18 Å². The van der Waals surface area contributed by atoms with Crippen LogP contribution < -0.4 is 10.9 Å². The zero-order chi connectivity index (χ0) is 18.1. The first-order chi connectivity index (χ1) is 11.1. The van der Waals surface area contributed by atoms with Crippen LogP contribution in [0, 0.1) is 0 Å². The van der Waals surface area contributed by atoms with Crippen LogP contribution in [-0.2, 0) is 11.0 Å². The third-order valence-corrected chi connectivity index (χ3v) is 3.73. The standard InChI is InChI=1S/C15H11Cl2F3N2O2/c1-8(22-7-9(16)6-11(17)14(22)24)13(23)21-12-5-3-2-4-10(12)15(18,19)20/h2-8H,1H3,(H,21,23). The lowest BCUT2D eigenvalue weighted by Crippen LogP contribution is -2.32. The smallest absolute Gasteiger partial charge is 0.324 e. The highest BCUT2D eigenvalue weighted by atomic mass is 35.5. The maximum absolute atomic E-state index is 13.0. The summed E-state index contributed by atoms with van der Waals surface area (Å²) < 4.78 is 39.8. The van der Waals surface area contributed by atoms with E-state index in [1.807, 2.05) is 0 Å². The van der Waals surface area contributed by atoms with Crippen molar-refractivity contribution in [3.63, 3.8) is 0 Å². The first-order valence-corrected chi connectivity index (χ1v) is 7.41. The quantitative estimate of drug-likeness (QED) is 0.861. The van der Waals surface area contributed by atoms with Gasteiger partial charge in [-0.15, -0.1) is 0 Å². The van der Waals surface area contributed by atoms with E-state index in [0.717, 1.165) is 16.7 Å². The molecule has 9 heteroatoms. The van der Waals surface area contributed by atoms with Crippen LogP contribution in [0.2, 0.25) is 10.0 Å². The number of anilines is 1. The fraction of sp³-hybridized carbons (Fsp3) is 0.200. The Labute approximate surface area is 144 Å². The van der Waals surface area contributed by atoms with E-state index in [2.05, 4.69) is 5.32 Å². The Morgan fingerprint density at radius 2 is 1.88 bits per heavy atom. The van der Waals surface area contributed by atoms with Crippen molar-refractivity contribution in [3.8, 4) is 0 Å². The number of alkyl halides is 3. The summed E-state index contributed by atoms with van der Waals surface area (Å²) in [7, 11) is 0. The molecule has 1 aromatic heterocycles. The molecule has 2 rings (SSSR count). The highest BCUT2D eigenvalue weighted by Gasteiger charge is 2.34. The summed E-state index contributed by atoms with van der Waals surface area (Å²) in [5.74, 6) is -0.813. The zero-order valence-corrected chi connectivity index (χ0v) is 13.7. The molecule has 0 saturated heterocycles. The Bertz CT molecular complexity index is 834. The van der Waals surface area contributed by atoms with Gasteiger partial charge < -0.3 is 9.88 Å². The second-order valence-electron chi connectivity index (χ2n) is 4.93. The normalized spacial score (nSPS) is 12.8. The molecule has 1 atom stereocenters. The van der Waals surface area contributed by atoms with Crippen LogP contribution in [0.4, 0.5) is 18.9 Å². The fourth-order valence-corrected chi connectivity index (χ4v) is 2.51. The molecule has 2 aromatic rings. The van der Waals surface area contributed by atoms with E-state index in [1.165, 1.54) is 31.3 Å². The number of aromatic nitrogens is 1. The highest BCUT2D eigenvalue weighted by Crippen LogP contribution is 2.34. The first-order valence-electron chi connectivity index (χ1n) is 6.65. The topological polar surface area (TPSA) is 51.1 Å². The molecule has 0 aliphatic heterocycles. The third kappa shape index (κ3) is 3.91. The number of pyridine rings is 1. The second-order valence-corrected chi connectivity index (χ2v) is 5.77. The SMILES string of the molecule is CC(C(=O)Nc1ccccc1C(F)(F)F)n1cc(Cl)cc(Cl)c1=O. The van der Waals surface area contributed by atoms with E-state index in [-0.39, 0.29) is 10.0 Å². The number of benzene rings is 1. The van der Waals surface area contributed by atoms with Crippen LogP contribution in [0.1, 0.15) is 18.5 Å². The van der Waals surface area contributed by atoms with Crippen LogP contribution in [0.5, 0.6) is 0 Å². The third-order valence-electron chi connectivity index (χ3n) is 3.25. The van der Waals surface area contributed by atoms with E-state index in [4.69, 9.17) is 23.2 Å². The number of hydrogen-bond donors (Lipinski definition) is 1. The molecule has 1 aromatic carbocycles. The Hall–Kier alpha value is -1.99. The number of hydrogen-bond acceptors (Lipinski definition) is 2. The maximum atomic E-state index is 13.0. The molecule has 1 N–H and O–H groups in total. The van der Waals surface area contributed by atoms with Crippen molar-refractivity contribution >= 4 is 34.8 Å². The second kappa shape index (κ2) is 6.86. The molecular weight excluding hydrogens is 368 g/mol. The predicted octanol–water partition coefficient (Wildman–Crippen LogP) is 4.37. The lowest BCUT2D eigenvalue weighted by Gasteiger charge is -2.18. The van der Waals surface area contributed by atoms with Gasteiger partial charge in [-0.05, 0) is 25.1 Å². The summed E-state index contributed by atoms with van der Waals surface area (Å²) in [5.41, 5.74) is -2.06. The molecule has 1 unspecified atom stereocenters. The molecule has 0 fully saturated rings. The average molecular weight is 379 g/mol. The molecule has 0 aliphatic rings. The van der Waals surface area contributed by atoms with Gasteiger partial charge in [0.15, 0.2) is 0 Å². The van der Waals surface area contributed by atoms with Crippen LogP contribution in [0.15, 0.2) is 41.3 Å². The fourth-order valence-electron chi connectivity index (χ4n) is 2.03. The molecule has 0 spiro atoms. The van der Waals surface area contributed by atoms with Gasteiger partial charge in [0.25, 0.3) is 5.56 Å². The Morgan fingerprint density at radius 1 is 1.25 bits per heavy atom. The van der Waals surface area contributed by atoms with Gasteiger partial charge in [-0.25, -0.2) is 0 Å². The van der Waals surface area contributed by atoms with Gasteiger partial charge in [0.05, 0.1) is 16.3 Å². The Kier molecular flexibility index (Phi) is 5.25. The van der Waals surface area contributed by atoms with Gasteiger partial charge in [-0.2, -0.15) is 13.2 Å². The van der Waals surface area contributed by atoms with Gasteiger partial charge in [0.1, 0.15) is 11.1 Å². The summed E-state index contributed by atoms with van der Waals surface area (Å²) >= 11 is 11.5. The van der Waals surface area contributed by atoms with Crippen LogP contribution in [0.3, 0.4) is 0 Å². The number of carbonyl (C=O) groups excluding carboxylic acids is 1. The summed E-state index contributed by atoms with van der Waals surface area (Å²) in [6, 6.07) is 4.64. The van der Waals surface area contributed by atoms with Crippen LogP contribution in [0.25, 0.3) is 0 Å². The Morgan fingerprint density at radius 3 is 2.50 bits per heavy atom. The van der Waals surface area contributed by atoms with E-state index in [0.29, 0.717) is 0 Å². The number of amides is 1. The molecule has 0 saturated carbocycles. The van der Waals surface area contributed by atoms with Crippen LogP contribution in [-0.4, -0.2) is 10.5 Å². The van der Waals surface area contributed by atoms with E-state index in [1.54, 1.807) is 0 Å². The average Bonchev–Trinajstić information content (AvgIpc) is 2.49. The minimum atomic E-state index is -4.62. The van der Waals surface area contributed by atoms with Crippen molar-refractivity contribution in [2.24, 2.45) is 0 Å². The summed E-state index contributed by atoms with van der Waals surface area (Å²) in [6.45, 7) is 1.35. The number of carbonyl (C=O) groups is 1. The number of rotatable bonds is 3. The molecule has 128 valence electrons. The summed E-state index contributed by atoms with van der Waals surface area (Å²) in [6.07, 6.45) is -3.43. The van der Waals surface area contributed by atoms with Gasteiger partial charge in [-0.3, -0.25) is 9.59 Å². The van der Waals surface area contributed by atoms with Gasteiger partial charge in [0.2, 0.25) is 5.91 Å². The number of para-hydroxylation sites is 1. The van der Waals surface area contributed by atoms with E-state index in [9.17, 15) is 22.8 Å². The van der Waals surface area contributed by atoms with Crippen molar-refractivity contribution in [3.05, 3.63) is 62.5 Å². The minimum absolute atomic E-state index is 0.120. The van der Waals surface area contributed by atoms with E-state index < -0.39 is 34.9 Å². The monoisotopic (exact) mass is 378 g/mol. The zero-order valence-electron chi connectivity index (χ0n) is 12.2. The lowest BCUT2D eigenvalue weighted by atomic mass is 10.1. The highest BCUT2D eigenvalue weighted by molar-refractivity contribution is 6.34. The molecule has 4 nitrogen and oxygen atoms in total. The number of nitrogens with zero attached hydrogens (tertiary/aromatic N) is 1. The molecule has 1 amide bonds. The van der Waals surface area contributed by atoms with Gasteiger partial charge in [0, 0.05) is 6.20 Å². The maximum Gasteiger partial charge on any atom is 0.418 e. The molecule has 0 bridgehead atoms. The first kappa shape index (κ1) is 18.4. The minimum Gasteiger partial charge on any atom is -0.324 e. The molecule has 0 radical (unpaired) electrons. The van der Waals surface area contributed by atoms with Crippen molar-refractivity contribution in [2.45, 2.75) is 19.1 Å². The van der Waals surface area contributed by atoms with Crippen molar-refractivity contribution in [2.75, 3.05) is 5.32 Å². The summed E-state index contributed by atoms with van der Waals surface area (Å²) in [4.78, 5) is 24.2. The predicted molar refractivity (Wildman–Crippen MR) is 85.5 cm³/mol. The number of nitrogens with one attached hydrogen (secondary N) is 1. The van der Waals surface area contributed by atoms with Crippen molar-refractivity contribution in [1.82, 2.24) is 4.57 Å². The van der Waals surface area contributed by atoms with Crippen molar-refractivity contribution in [1.29, 1.82) is 0 Å². The van der Waals surface area contributed by atoms with Crippen LogP contribution >= 0.6 is 23.2 Å². The largest absolute Gasteiger partial charge is 0.418 e. The van der Waals surface area contributed by atoms with Crippen molar-refractivity contribution < 1.29 is 18.0 Å². The molecule has 0 aliphatic carbocycles. The Balaban J connectivity index is 2.33. The van der Waals surface area contributed by atoms with Gasteiger partial charge in [-0.1, -0.05) is 35.3 Å². The number of halogens is 5.